The lowest BCUT2D eigenvalue weighted by Gasteiger charge is -2.35. The molecule has 0 N–H and O–H groups in total. The first-order valence-electron chi connectivity index (χ1n) is 8.18. The van der Waals surface area contributed by atoms with Crippen LogP contribution in [0.3, 0.4) is 0 Å². The van der Waals surface area contributed by atoms with Crippen molar-refractivity contribution in [2.75, 3.05) is 45.2 Å². The third kappa shape index (κ3) is 3.71. The van der Waals surface area contributed by atoms with Gasteiger partial charge in [-0.3, -0.25) is 14.7 Å². The number of aromatic nitrogens is 2. The molecule has 0 unspecified atom stereocenters. The van der Waals surface area contributed by atoms with Gasteiger partial charge in [-0.25, -0.2) is 4.98 Å². The molecule has 0 spiro atoms. The fourth-order valence-electron chi connectivity index (χ4n) is 2.95. The molecule has 2 aromatic rings. The average molecular weight is 325 g/mol. The summed E-state index contributed by atoms with van der Waals surface area (Å²) in [6.45, 7) is 4.15. The van der Waals surface area contributed by atoms with Gasteiger partial charge in [0.15, 0.2) is 0 Å². The van der Waals surface area contributed by atoms with Gasteiger partial charge in [-0.05, 0) is 29.8 Å². The molecule has 6 nitrogen and oxygen atoms in total. The van der Waals surface area contributed by atoms with E-state index in [2.05, 4.69) is 14.9 Å². The zero-order valence-corrected chi connectivity index (χ0v) is 14.2. The van der Waals surface area contributed by atoms with E-state index in [9.17, 15) is 4.79 Å². The maximum Gasteiger partial charge on any atom is 0.257 e. The zero-order valence-electron chi connectivity index (χ0n) is 14.2. The highest BCUT2D eigenvalue weighted by Crippen LogP contribution is 2.18. The molecule has 3 heterocycles. The van der Waals surface area contributed by atoms with Crippen molar-refractivity contribution in [2.24, 2.45) is 0 Å². The normalized spacial score (nSPS) is 15.3. The highest BCUT2D eigenvalue weighted by atomic mass is 16.2. The second kappa shape index (κ2) is 7.40. The summed E-state index contributed by atoms with van der Waals surface area (Å²) in [4.78, 5) is 27.4. The quantitative estimate of drug-likeness (QED) is 0.853. The monoisotopic (exact) mass is 325 g/mol. The molecular formula is C18H23N5O. The predicted octanol–water partition coefficient (Wildman–Crippen LogP) is 1.50. The lowest BCUT2D eigenvalue weighted by Crippen LogP contribution is -2.48. The van der Waals surface area contributed by atoms with Crippen LogP contribution in [0.1, 0.15) is 15.9 Å². The molecule has 0 radical (unpaired) electrons. The summed E-state index contributed by atoms with van der Waals surface area (Å²) in [6, 6.07) is 7.75. The van der Waals surface area contributed by atoms with Gasteiger partial charge in [-0.2, -0.15) is 0 Å². The van der Waals surface area contributed by atoms with Crippen molar-refractivity contribution < 1.29 is 4.79 Å². The number of pyridine rings is 2. The summed E-state index contributed by atoms with van der Waals surface area (Å²) >= 11 is 0. The average Bonchev–Trinajstić information content (AvgIpc) is 2.62. The Balaban J connectivity index is 1.61. The third-order valence-electron chi connectivity index (χ3n) is 4.26. The topological polar surface area (TPSA) is 52.6 Å². The van der Waals surface area contributed by atoms with Crippen molar-refractivity contribution >= 4 is 11.7 Å². The van der Waals surface area contributed by atoms with Crippen molar-refractivity contribution in [1.82, 2.24) is 19.8 Å². The fourth-order valence-corrected chi connectivity index (χ4v) is 2.95. The summed E-state index contributed by atoms with van der Waals surface area (Å²) in [5, 5.41) is 0. The summed E-state index contributed by atoms with van der Waals surface area (Å²) in [6.07, 6.45) is 5.36. The van der Waals surface area contributed by atoms with E-state index in [1.165, 1.54) is 5.56 Å². The van der Waals surface area contributed by atoms with E-state index in [1.54, 1.807) is 6.20 Å². The van der Waals surface area contributed by atoms with Gasteiger partial charge >= 0.3 is 0 Å². The Labute approximate surface area is 142 Å². The van der Waals surface area contributed by atoms with Crippen LogP contribution in [0.4, 0.5) is 5.82 Å². The SMILES string of the molecule is CN(C)c1ncccc1C(=O)N1CCN(Cc2ccncc2)CC1. The molecule has 0 bridgehead atoms. The van der Waals surface area contributed by atoms with Crippen molar-refractivity contribution in [1.29, 1.82) is 0 Å². The van der Waals surface area contributed by atoms with Crippen LogP contribution in [0.5, 0.6) is 0 Å². The van der Waals surface area contributed by atoms with Gasteiger partial charge in [0.25, 0.3) is 5.91 Å². The van der Waals surface area contributed by atoms with E-state index in [-0.39, 0.29) is 5.91 Å². The summed E-state index contributed by atoms with van der Waals surface area (Å²) in [7, 11) is 3.82. The van der Waals surface area contributed by atoms with Crippen LogP contribution in [0.2, 0.25) is 0 Å². The molecule has 1 amide bonds. The summed E-state index contributed by atoms with van der Waals surface area (Å²) < 4.78 is 0. The number of anilines is 1. The number of carbonyl (C=O) groups is 1. The van der Waals surface area contributed by atoms with Crippen LogP contribution >= 0.6 is 0 Å². The van der Waals surface area contributed by atoms with Crippen molar-refractivity contribution in [2.45, 2.75) is 6.54 Å². The Morgan fingerprint density at radius 2 is 1.79 bits per heavy atom. The second-order valence-electron chi connectivity index (χ2n) is 6.19. The predicted molar refractivity (Wildman–Crippen MR) is 94.0 cm³/mol. The number of hydrogen-bond donors (Lipinski definition) is 0. The molecule has 6 heteroatoms. The second-order valence-corrected chi connectivity index (χ2v) is 6.19. The molecule has 1 aliphatic rings. The Bertz CT molecular complexity index is 681. The minimum absolute atomic E-state index is 0.0651. The highest BCUT2D eigenvalue weighted by Gasteiger charge is 2.24. The fraction of sp³-hybridized carbons (Fsp3) is 0.389. The minimum atomic E-state index is 0.0651. The number of nitrogens with zero attached hydrogens (tertiary/aromatic N) is 5. The van der Waals surface area contributed by atoms with Crippen molar-refractivity contribution in [3.8, 4) is 0 Å². The zero-order chi connectivity index (χ0) is 16.9. The van der Waals surface area contributed by atoms with Gasteiger partial charge in [0.05, 0.1) is 5.56 Å². The van der Waals surface area contributed by atoms with E-state index in [0.29, 0.717) is 5.56 Å². The van der Waals surface area contributed by atoms with Crippen LogP contribution in [-0.4, -0.2) is 65.9 Å². The molecular weight excluding hydrogens is 302 g/mol. The first kappa shape index (κ1) is 16.4. The van der Waals surface area contributed by atoms with Gasteiger partial charge in [0.2, 0.25) is 0 Å². The molecule has 0 atom stereocenters. The van der Waals surface area contributed by atoms with Gasteiger partial charge in [0.1, 0.15) is 5.82 Å². The first-order chi connectivity index (χ1) is 11.6. The number of hydrogen-bond acceptors (Lipinski definition) is 5. The van der Waals surface area contributed by atoms with E-state index in [1.807, 2.05) is 60.6 Å². The van der Waals surface area contributed by atoms with E-state index in [4.69, 9.17) is 0 Å². The Morgan fingerprint density at radius 1 is 1.08 bits per heavy atom. The first-order valence-corrected chi connectivity index (χ1v) is 8.18. The van der Waals surface area contributed by atoms with E-state index >= 15 is 0 Å². The Kier molecular flexibility index (Phi) is 5.05. The molecule has 2 aromatic heterocycles. The molecule has 0 saturated carbocycles. The van der Waals surface area contributed by atoms with Crippen LogP contribution in [-0.2, 0) is 6.54 Å². The van der Waals surface area contributed by atoms with Gasteiger partial charge in [-0.15, -0.1) is 0 Å². The number of rotatable bonds is 4. The van der Waals surface area contributed by atoms with Crippen LogP contribution in [0.15, 0.2) is 42.9 Å². The van der Waals surface area contributed by atoms with E-state index in [0.717, 1.165) is 38.5 Å². The van der Waals surface area contributed by atoms with Crippen molar-refractivity contribution in [3.05, 3.63) is 54.0 Å². The minimum Gasteiger partial charge on any atom is -0.362 e. The maximum atomic E-state index is 12.8. The molecule has 1 fully saturated rings. The molecule has 24 heavy (non-hydrogen) atoms. The molecule has 0 aliphatic carbocycles. The van der Waals surface area contributed by atoms with Crippen LogP contribution in [0.25, 0.3) is 0 Å². The molecule has 3 rings (SSSR count). The summed E-state index contributed by atoms with van der Waals surface area (Å²) in [5.74, 6) is 0.789. The molecule has 0 aromatic carbocycles. The van der Waals surface area contributed by atoms with Gasteiger partial charge in [-0.1, -0.05) is 0 Å². The molecule has 1 aliphatic heterocycles. The van der Waals surface area contributed by atoms with E-state index < -0.39 is 0 Å². The van der Waals surface area contributed by atoms with Gasteiger partial charge < -0.3 is 9.80 Å². The smallest absolute Gasteiger partial charge is 0.257 e. The highest BCUT2D eigenvalue weighted by molar-refractivity contribution is 5.98. The largest absolute Gasteiger partial charge is 0.362 e. The van der Waals surface area contributed by atoms with Crippen LogP contribution in [0, 0.1) is 0 Å². The third-order valence-corrected chi connectivity index (χ3v) is 4.26. The van der Waals surface area contributed by atoms with Crippen molar-refractivity contribution in [3.63, 3.8) is 0 Å². The molecule has 1 saturated heterocycles. The number of carbonyl (C=O) groups excluding carboxylic acids is 1. The Morgan fingerprint density at radius 3 is 2.46 bits per heavy atom. The lowest BCUT2D eigenvalue weighted by atomic mass is 10.2. The number of amides is 1. The van der Waals surface area contributed by atoms with Crippen LogP contribution < -0.4 is 4.90 Å². The van der Waals surface area contributed by atoms with Gasteiger partial charge in [0, 0.05) is 65.4 Å². The standard InChI is InChI=1S/C18H23N5O/c1-21(2)17-16(4-3-7-20-17)18(24)23-12-10-22(11-13-23)14-15-5-8-19-9-6-15/h3-9H,10-14H2,1-2H3. The maximum absolute atomic E-state index is 12.8. The number of piperazine rings is 1. The Hall–Kier alpha value is -2.47. The molecule has 126 valence electrons. The summed E-state index contributed by atoms with van der Waals surface area (Å²) in [5.41, 5.74) is 1.93. The lowest BCUT2D eigenvalue weighted by molar-refractivity contribution is 0.0629.